The average Bonchev–Trinajstić information content (AvgIpc) is 2.42. The van der Waals surface area contributed by atoms with E-state index in [1.165, 1.54) is 18.2 Å². The SMILES string of the molecule is Cc1cc([N+](=O)[O-])c(S(=O)(=O)c2ccccc2)nc1C. The highest BCUT2D eigenvalue weighted by Gasteiger charge is 2.30. The Kier molecular flexibility index (Phi) is 3.54. The Morgan fingerprint density at radius 2 is 1.75 bits per heavy atom. The summed E-state index contributed by atoms with van der Waals surface area (Å²) in [5, 5.41) is 10.5. The normalized spacial score (nSPS) is 11.3. The molecule has 0 bridgehead atoms. The van der Waals surface area contributed by atoms with Gasteiger partial charge in [0, 0.05) is 11.8 Å². The fraction of sp³-hybridized carbons (Fsp3) is 0.154. The van der Waals surface area contributed by atoms with Crippen LogP contribution in [-0.4, -0.2) is 18.3 Å². The summed E-state index contributed by atoms with van der Waals surface area (Å²) < 4.78 is 24.9. The molecule has 0 unspecified atom stereocenters. The molecule has 0 aliphatic heterocycles. The largest absolute Gasteiger partial charge is 0.307 e. The first-order valence-electron chi connectivity index (χ1n) is 5.77. The van der Waals surface area contributed by atoms with Crippen molar-refractivity contribution in [2.24, 2.45) is 0 Å². The summed E-state index contributed by atoms with van der Waals surface area (Å²) in [4.78, 5) is 14.2. The van der Waals surface area contributed by atoms with E-state index in [-0.39, 0.29) is 4.90 Å². The zero-order valence-electron chi connectivity index (χ0n) is 10.9. The summed E-state index contributed by atoms with van der Waals surface area (Å²) in [6, 6.07) is 8.78. The number of hydrogen-bond donors (Lipinski definition) is 0. The molecule has 0 spiro atoms. The molecule has 0 atom stereocenters. The van der Waals surface area contributed by atoms with Gasteiger partial charge < -0.3 is 0 Å². The minimum Gasteiger partial charge on any atom is -0.258 e. The van der Waals surface area contributed by atoms with Gasteiger partial charge >= 0.3 is 5.69 Å². The predicted molar refractivity (Wildman–Crippen MR) is 72.3 cm³/mol. The molecule has 0 aliphatic rings. The van der Waals surface area contributed by atoms with Crippen LogP contribution in [0, 0.1) is 24.0 Å². The van der Waals surface area contributed by atoms with Crippen molar-refractivity contribution in [1.29, 1.82) is 0 Å². The lowest BCUT2D eigenvalue weighted by Crippen LogP contribution is -2.09. The molecule has 0 fully saturated rings. The molecule has 1 heterocycles. The van der Waals surface area contributed by atoms with Gasteiger partial charge in [-0.15, -0.1) is 0 Å². The van der Waals surface area contributed by atoms with Crippen LogP contribution in [0.15, 0.2) is 46.3 Å². The van der Waals surface area contributed by atoms with Crippen LogP contribution in [0.2, 0.25) is 0 Å². The molecule has 0 radical (unpaired) electrons. The zero-order chi connectivity index (χ0) is 14.9. The Bertz CT molecular complexity index is 770. The van der Waals surface area contributed by atoms with Crippen LogP contribution >= 0.6 is 0 Å². The summed E-state index contributed by atoms with van der Waals surface area (Å²) in [7, 11) is -4.01. The van der Waals surface area contributed by atoms with Gasteiger partial charge in [-0.1, -0.05) is 18.2 Å². The van der Waals surface area contributed by atoms with Crippen molar-refractivity contribution < 1.29 is 13.3 Å². The Morgan fingerprint density at radius 3 is 2.30 bits per heavy atom. The van der Waals surface area contributed by atoms with Gasteiger partial charge in [0.1, 0.15) is 0 Å². The maximum atomic E-state index is 12.5. The smallest absolute Gasteiger partial charge is 0.258 e. The van der Waals surface area contributed by atoms with E-state index in [0.717, 1.165) is 0 Å². The Morgan fingerprint density at radius 1 is 1.15 bits per heavy atom. The molecule has 20 heavy (non-hydrogen) atoms. The van der Waals surface area contributed by atoms with E-state index >= 15 is 0 Å². The van der Waals surface area contributed by atoms with E-state index in [9.17, 15) is 18.5 Å². The van der Waals surface area contributed by atoms with Crippen molar-refractivity contribution in [3.8, 4) is 0 Å². The lowest BCUT2D eigenvalue weighted by molar-refractivity contribution is -0.388. The van der Waals surface area contributed by atoms with Crippen LogP contribution in [0.5, 0.6) is 0 Å². The number of aryl methyl sites for hydroxylation is 2. The minimum atomic E-state index is -4.01. The van der Waals surface area contributed by atoms with Crippen LogP contribution in [0.1, 0.15) is 11.3 Å². The minimum absolute atomic E-state index is 0.0150. The molecule has 0 amide bonds. The lowest BCUT2D eigenvalue weighted by atomic mass is 10.2. The molecule has 0 saturated carbocycles. The first kappa shape index (κ1) is 14.1. The van der Waals surface area contributed by atoms with Gasteiger partial charge in [0.2, 0.25) is 14.9 Å². The first-order valence-corrected chi connectivity index (χ1v) is 7.25. The van der Waals surface area contributed by atoms with E-state index in [1.807, 2.05) is 0 Å². The predicted octanol–water partition coefficient (Wildman–Crippen LogP) is 2.44. The standard InChI is InChI=1S/C13H12N2O4S/c1-9-8-12(15(16)17)13(14-10(9)2)20(18,19)11-6-4-3-5-7-11/h3-8H,1-2H3. The highest BCUT2D eigenvalue weighted by molar-refractivity contribution is 7.91. The molecular formula is C13H12N2O4S. The van der Waals surface area contributed by atoms with Crippen LogP contribution in [-0.2, 0) is 9.84 Å². The van der Waals surface area contributed by atoms with Gasteiger partial charge in [0.25, 0.3) is 0 Å². The molecule has 0 N–H and O–H groups in total. The van der Waals surface area contributed by atoms with Crippen molar-refractivity contribution in [3.63, 3.8) is 0 Å². The molecule has 0 saturated heterocycles. The molecule has 1 aromatic heterocycles. The Hall–Kier alpha value is -2.28. The maximum Gasteiger partial charge on any atom is 0.307 e. The van der Waals surface area contributed by atoms with Gasteiger partial charge in [0.05, 0.1) is 9.82 Å². The summed E-state index contributed by atoms with van der Waals surface area (Å²) in [5.74, 6) is 0. The quantitative estimate of drug-likeness (QED) is 0.640. The molecule has 2 aromatic rings. The maximum absolute atomic E-state index is 12.5. The summed E-state index contributed by atoms with van der Waals surface area (Å²) in [6.45, 7) is 3.26. The number of aromatic nitrogens is 1. The van der Waals surface area contributed by atoms with Crippen molar-refractivity contribution in [3.05, 3.63) is 57.8 Å². The van der Waals surface area contributed by atoms with Crippen LogP contribution < -0.4 is 0 Å². The molecule has 7 heteroatoms. The number of pyridine rings is 1. The third-order valence-electron chi connectivity index (χ3n) is 2.92. The van der Waals surface area contributed by atoms with Gasteiger partial charge in [-0.3, -0.25) is 10.1 Å². The molecule has 104 valence electrons. The second-order valence-corrected chi connectivity index (χ2v) is 6.15. The molecule has 6 nitrogen and oxygen atoms in total. The number of hydrogen-bond acceptors (Lipinski definition) is 5. The fourth-order valence-corrected chi connectivity index (χ4v) is 3.11. The summed E-state index contributed by atoms with van der Waals surface area (Å²) in [6.07, 6.45) is 0. The number of rotatable bonds is 3. The molecular weight excluding hydrogens is 280 g/mol. The van der Waals surface area contributed by atoms with Crippen molar-refractivity contribution >= 4 is 15.5 Å². The first-order chi connectivity index (χ1) is 9.34. The summed E-state index contributed by atoms with van der Waals surface area (Å²) in [5.41, 5.74) is 0.519. The monoisotopic (exact) mass is 292 g/mol. The van der Waals surface area contributed by atoms with E-state index < -0.39 is 25.5 Å². The van der Waals surface area contributed by atoms with E-state index in [4.69, 9.17) is 0 Å². The Balaban J connectivity index is 2.75. The third-order valence-corrected chi connectivity index (χ3v) is 4.62. The van der Waals surface area contributed by atoms with E-state index in [1.54, 1.807) is 32.0 Å². The number of sulfone groups is 1. The van der Waals surface area contributed by atoms with Crippen molar-refractivity contribution in [1.82, 2.24) is 4.98 Å². The van der Waals surface area contributed by atoms with Gasteiger partial charge in [0.15, 0.2) is 0 Å². The van der Waals surface area contributed by atoms with E-state index in [2.05, 4.69) is 4.98 Å². The highest BCUT2D eigenvalue weighted by atomic mass is 32.2. The summed E-state index contributed by atoms with van der Waals surface area (Å²) >= 11 is 0. The topological polar surface area (TPSA) is 90.2 Å². The highest BCUT2D eigenvalue weighted by Crippen LogP contribution is 2.29. The second kappa shape index (κ2) is 5.01. The fourth-order valence-electron chi connectivity index (χ4n) is 1.71. The third kappa shape index (κ3) is 2.39. The number of benzene rings is 1. The van der Waals surface area contributed by atoms with Crippen LogP contribution in [0.25, 0.3) is 0 Å². The lowest BCUT2D eigenvalue weighted by Gasteiger charge is -2.07. The average molecular weight is 292 g/mol. The molecule has 1 aromatic carbocycles. The van der Waals surface area contributed by atoms with Crippen molar-refractivity contribution in [2.45, 2.75) is 23.8 Å². The van der Waals surface area contributed by atoms with Gasteiger partial charge in [-0.05, 0) is 31.5 Å². The molecule has 0 aliphatic carbocycles. The zero-order valence-corrected chi connectivity index (χ0v) is 11.7. The van der Waals surface area contributed by atoms with E-state index in [0.29, 0.717) is 11.3 Å². The van der Waals surface area contributed by atoms with Crippen LogP contribution in [0.3, 0.4) is 0 Å². The second-order valence-electron chi connectivity index (χ2n) is 4.29. The van der Waals surface area contributed by atoms with Gasteiger partial charge in [-0.25, -0.2) is 13.4 Å². The molecule has 2 rings (SSSR count). The van der Waals surface area contributed by atoms with Crippen LogP contribution in [0.4, 0.5) is 5.69 Å². The van der Waals surface area contributed by atoms with Gasteiger partial charge in [-0.2, -0.15) is 0 Å². The number of nitrogens with zero attached hydrogens (tertiary/aromatic N) is 2. The van der Waals surface area contributed by atoms with Crippen molar-refractivity contribution in [2.75, 3.05) is 0 Å². The Labute approximate surface area is 116 Å². The number of nitro groups is 1.